The Bertz CT molecular complexity index is 861. The molecule has 0 aliphatic rings. The molecule has 98 valence electrons. The van der Waals surface area contributed by atoms with Gasteiger partial charge in [-0.1, -0.05) is 28.9 Å². The van der Waals surface area contributed by atoms with E-state index in [9.17, 15) is 5.11 Å². The summed E-state index contributed by atoms with van der Waals surface area (Å²) >= 11 is 0. The van der Waals surface area contributed by atoms with Gasteiger partial charge in [-0.05, 0) is 13.0 Å². The highest BCUT2D eigenvalue weighted by Crippen LogP contribution is 2.36. The fourth-order valence-corrected chi connectivity index (χ4v) is 2.10. The van der Waals surface area contributed by atoms with E-state index in [-0.39, 0.29) is 17.0 Å². The van der Waals surface area contributed by atoms with Gasteiger partial charge in [-0.25, -0.2) is 0 Å². The van der Waals surface area contributed by atoms with E-state index < -0.39 is 5.88 Å². The van der Waals surface area contributed by atoms with E-state index in [1.807, 2.05) is 37.3 Å². The summed E-state index contributed by atoms with van der Waals surface area (Å²) < 4.78 is 5.09. The molecule has 3 rings (SSSR count). The van der Waals surface area contributed by atoms with E-state index in [4.69, 9.17) is 15.5 Å². The maximum absolute atomic E-state index is 9.61. The number of pyridine rings is 1. The van der Waals surface area contributed by atoms with Crippen LogP contribution in [0.1, 0.15) is 11.1 Å². The average Bonchev–Trinajstić information content (AvgIpc) is 2.83. The maximum atomic E-state index is 9.61. The summed E-state index contributed by atoms with van der Waals surface area (Å²) in [6.45, 7) is 1.96. The van der Waals surface area contributed by atoms with Crippen LogP contribution in [0.2, 0.25) is 0 Å². The first-order chi connectivity index (χ1) is 9.61. The molecule has 3 aromatic rings. The van der Waals surface area contributed by atoms with Crippen molar-refractivity contribution in [3.8, 4) is 23.2 Å². The Morgan fingerprint density at radius 2 is 2.20 bits per heavy atom. The maximum Gasteiger partial charge on any atom is 0.263 e. The number of nitrogens with zero attached hydrogens (tertiary/aromatic N) is 3. The standard InChI is InChI=1S/C14H10N4O2/c1-7-3-2-4-8(5-7)12-10-11(16)9(6-15)13(19)17-14(10)20-18-12/h2-5H,1H3,(H3,16,17,19). The van der Waals surface area contributed by atoms with Crippen LogP contribution in [0.5, 0.6) is 5.88 Å². The Balaban J connectivity index is 2.37. The van der Waals surface area contributed by atoms with E-state index in [0.717, 1.165) is 11.1 Å². The van der Waals surface area contributed by atoms with Crippen molar-refractivity contribution in [2.75, 3.05) is 5.73 Å². The number of hydrogen-bond donors (Lipinski definition) is 2. The Morgan fingerprint density at radius 1 is 1.40 bits per heavy atom. The number of aromatic hydroxyl groups is 1. The van der Waals surface area contributed by atoms with Gasteiger partial charge < -0.3 is 15.4 Å². The van der Waals surface area contributed by atoms with Crippen LogP contribution in [0.4, 0.5) is 5.69 Å². The lowest BCUT2D eigenvalue weighted by Gasteiger charge is -2.03. The predicted octanol–water partition coefficient (Wildman–Crippen LogP) is 2.36. The lowest BCUT2D eigenvalue weighted by atomic mass is 10.0. The number of nitriles is 1. The molecule has 6 nitrogen and oxygen atoms in total. The third-order valence-electron chi connectivity index (χ3n) is 3.05. The van der Waals surface area contributed by atoms with E-state index in [1.54, 1.807) is 0 Å². The minimum Gasteiger partial charge on any atom is -0.492 e. The highest BCUT2D eigenvalue weighted by Gasteiger charge is 2.20. The van der Waals surface area contributed by atoms with Crippen molar-refractivity contribution in [1.82, 2.24) is 10.1 Å². The normalized spacial score (nSPS) is 10.6. The SMILES string of the molecule is Cc1cccc(-c2noc3nc(O)c(C#N)c(N)c23)c1. The molecule has 0 spiro atoms. The smallest absolute Gasteiger partial charge is 0.263 e. The third kappa shape index (κ3) is 1.65. The van der Waals surface area contributed by atoms with Crippen molar-refractivity contribution in [3.05, 3.63) is 35.4 Å². The largest absolute Gasteiger partial charge is 0.492 e. The summed E-state index contributed by atoms with van der Waals surface area (Å²) in [5, 5.41) is 23.0. The molecule has 1 aromatic carbocycles. The Labute approximate surface area is 114 Å². The molecule has 6 heteroatoms. The number of nitrogens with two attached hydrogens (primary N) is 1. The first kappa shape index (κ1) is 12.0. The van der Waals surface area contributed by atoms with Crippen LogP contribution in [0.3, 0.4) is 0 Å². The number of aromatic nitrogens is 2. The van der Waals surface area contributed by atoms with Crippen LogP contribution in [0, 0.1) is 18.3 Å². The number of anilines is 1. The van der Waals surface area contributed by atoms with Crippen LogP contribution >= 0.6 is 0 Å². The molecule has 0 saturated heterocycles. The monoisotopic (exact) mass is 266 g/mol. The molecule has 0 fully saturated rings. The second kappa shape index (κ2) is 4.24. The van der Waals surface area contributed by atoms with Crippen molar-refractivity contribution in [2.24, 2.45) is 0 Å². The zero-order chi connectivity index (χ0) is 14.3. The van der Waals surface area contributed by atoms with E-state index in [0.29, 0.717) is 11.1 Å². The predicted molar refractivity (Wildman–Crippen MR) is 72.8 cm³/mol. The van der Waals surface area contributed by atoms with Crippen LogP contribution in [-0.4, -0.2) is 15.2 Å². The second-order valence-corrected chi connectivity index (χ2v) is 4.42. The Hall–Kier alpha value is -3.07. The Morgan fingerprint density at radius 3 is 2.90 bits per heavy atom. The van der Waals surface area contributed by atoms with E-state index >= 15 is 0 Å². The third-order valence-corrected chi connectivity index (χ3v) is 3.05. The topological polar surface area (TPSA) is 109 Å². The molecule has 2 heterocycles. The molecule has 0 bridgehead atoms. The van der Waals surface area contributed by atoms with Crippen molar-refractivity contribution < 1.29 is 9.63 Å². The highest BCUT2D eigenvalue weighted by atomic mass is 16.5. The first-order valence-corrected chi connectivity index (χ1v) is 5.86. The van der Waals surface area contributed by atoms with Crippen LogP contribution in [0.15, 0.2) is 28.8 Å². The van der Waals surface area contributed by atoms with Gasteiger partial charge in [0.2, 0.25) is 5.88 Å². The summed E-state index contributed by atoms with van der Waals surface area (Å²) in [6, 6.07) is 9.47. The fourth-order valence-electron chi connectivity index (χ4n) is 2.10. The number of nitrogen functional groups attached to an aromatic ring is 1. The quantitative estimate of drug-likeness (QED) is 0.699. The molecule has 0 radical (unpaired) electrons. The van der Waals surface area contributed by atoms with Crippen molar-refractivity contribution >= 4 is 16.8 Å². The van der Waals surface area contributed by atoms with E-state index in [2.05, 4.69) is 10.1 Å². The zero-order valence-electron chi connectivity index (χ0n) is 10.6. The van der Waals surface area contributed by atoms with Gasteiger partial charge >= 0.3 is 0 Å². The molecule has 0 unspecified atom stereocenters. The molecule has 0 aliphatic carbocycles. The van der Waals surface area contributed by atoms with E-state index in [1.165, 1.54) is 0 Å². The minimum atomic E-state index is -0.454. The van der Waals surface area contributed by atoms with Gasteiger partial charge in [0.25, 0.3) is 5.71 Å². The Kier molecular flexibility index (Phi) is 2.54. The van der Waals surface area contributed by atoms with Crippen LogP contribution in [0.25, 0.3) is 22.4 Å². The number of aryl methyl sites for hydroxylation is 1. The summed E-state index contributed by atoms with van der Waals surface area (Å²) in [7, 11) is 0. The molecule has 20 heavy (non-hydrogen) atoms. The van der Waals surface area contributed by atoms with Crippen molar-refractivity contribution in [3.63, 3.8) is 0 Å². The van der Waals surface area contributed by atoms with Gasteiger partial charge in [-0.3, -0.25) is 0 Å². The number of benzene rings is 1. The van der Waals surface area contributed by atoms with Crippen molar-refractivity contribution in [1.29, 1.82) is 5.26 Å². The van der Waals surface area contributed by atoms with Crippen LogP contribution < -0.4 is 5.73 Å². The minimum absolute atomic E-state index is 0.0744. The lowest BCUT2D eigenvalue weighted by molar-refractivity contribution is 0.428. The van der Waals surface area contributed by atoms with Gasteiger partial charge in [0.15, 0.2) is 0 Å². The molecular weight excluding hydrogens is 256 g/mol. The van der Waals surface area contributed by atoms with Gasteiger partial charge in [-0.2, -0.15) is 10.2 Å². The first-order valence-electron chi connectivity index (χ1n) is 5.86. The number of rotatable bonds is 1. The lowest BCUT2D eigenvalue weighted by Crippen LogP contribution is -1.95. The van der Waals surface area contributed by atoms with Gasteiger partial charge in [0.1, 0.15) is 17.3 Å². The summed E-state index contributed by atoms with van der Waals surface area (Å²) in [5.74, 6) is -0.454. The summed E-state index contributed by atoms with van der Waals surface area (Å²) in [6.07, 6.45) is 0. The molecule has 0 aliphatic heterocycles. The molecule has 3 N–H and O–H groups in total. The van der Waals surface area contributed by atoms with Crippen molar-refractivity contribution in [2.45, 2.75) is 6.92 Å². The number of hydrogen-bond acceptors (Lipinski definition) is 6. The summed E-state index contributed by atoms with van der Waals surface area (Å²) in [5.41, 5.74) is 8.46. The number of fused-ring (bicyclic) bond motifs is 1. The zero-order valence-corrected chi connectivity index (χ0v) is 10.6. The van der Waals surface area contributed by atoms with Crippen LogP contribution in [-0.2, 0) is 0 Å². The molecular formula is C14H10N4O2. The van der Waals surface area contributed by atoms with Gasteiger partial charge in [0.05, 0.1) is 11.1 Å². The molecule has 0 saturated carbocycles. The molecule has 0 atom stereocenters. The second-order valence-electron chi connectivity index (χ2n) is 4.42. The average molecular weight is 266 g/mol. The molecule has 2 aromatic heterocycles. The van der Waals surface area contributed by atoms with Gasteiger partial charge in [0, 0.05) is 5.56 Å². The summed E-state index contributed by atoms with van der Waals surface area (Å²) in [4.78, 5) is 3.80. The molecule has 0 amide bonds. The van der Waals surface area contributed by atoms with Gasteiger partial charge in [-0.15, -0.1) is 0 Å². The highest BCUT2D eigenvalue weighted by molar-refractivity contribution is 6.01. The fraction of sp³-hybridized carbons (Fsp3) is 0.0714.